The molecule has 1 aliphatic rings. The van der Waals surface area contributed by atoms with Crippen LogP contribution in [0.1, 0.15) is 5.56 Å². The van der Waals surface area contributed by atoms with E-state index in [-0.39, 0.29) is 5.91 Å². The van der Waals surface area contributed by atoms with Crippen molar-refractivity contribution < 1.29 is 9.53 Å². The minimum absolute atomic E-state index is 0.123. The zero-order valence-electron chi connectivity index (χ0n) is 10.3. The number of ether oxygens (including phenoxy) is 1. The smallest absolute Gasteiger partial charge is 0.226 e. The van der Waals surface area contributed by atoms with Crippen molar-refractivity contribution in [2.24, 2.45) is 0 Å². The highest BCUT2D eigenvalue weighted by Gasteiger charge is 2.17. The lowest BCUT2D eigenvalue weighted by Gasteiger charge is -2.27. The zero-order valence-corrected chi connectivity index (χ0v) is 10.3. The number of amides is 1. The second-order valence-electron chi connectivity index (χ2n) is 4.54. The Hall–Kier alpha value is -1.55. The number of nitrogens with one attached hydrogen (secondary N) is 1. The van der Waals surface area contributed by atoms with Crippen molar-refractivity contribution in [3.8, 4) is 0 Å². The van der Waals surface area contributed by atoms with Gasteiger partial charge in [-0.05, 0) is 17.7 Å². The van der Waals surface area contributed by atoms with Crippen LogP contribution in [0.5, 0.6) is 0 Å². The Kier molecular flexibility index (Phi) is 3.64. The number of anilines is 1. The quantitative estimate of drug-likeness (QED) is 0.849. The molecule has 0 bridgehead atoms. The monoisotopic (exact) mass is 234 g/mol. The standard InChI is InChI=1S/C13H18N2O2/c1-15(2)13(16)7-10-3-5-11(6-4-10)14-12-8-17-9-12/h3-6,12,14H,7-9H2,1-2H3. The second-order valence-corrected chi connectivity index (χ2v) is 4.54. The minimum atomic E-state index is 0.123. The largest absolute Gasteiger partial charge is 0.378 e. The molecule has 1 fully saturated rings. The molecule has 4 heteroatoms. The molecule has 1 aromatic rings. The van der Waals surface area contributed by atoms with Crippen LogP contribution in [0.15, 0.2) is 24.3 Å². The van der Waals surface area contributed by atoms with Crippen molar-refractivity contribution in [2.45, 2.75) is 12.5 Å². The van der Waals surface area contributed by atoms with Crippen LogP contribution in [0.3, 0.4) is 0 Å². The fourth-order valence-corrected chi connectivity index (χ4v) is 1.61. The third-order valence-electron chi connectivity index (χ3n) is 2.82. The number of rotatable bonds is 4. The van der Waals surface area contributed by atoms with E-state index >= 15 is 0 Å². The van der Waals surface area contributed by atoms with Crippen LogP contribution >= 0.6 is 0 Å². The Morgan fingerprint density at radius 3 is 2.47 bits per heavy atom. The summed E-state index contributed by atoms with van der Waals surface area (Å²) in [7, 11) is 3.55. The van der Waals surface area contributed by atoms with Gasteiger partial charge in [-0.2, -0.15) is 0 Å². The van der Waals surface area contributed by atoms with Crippen molar-refractivity contribution in [3.05, 3.63) is 29.8 Å². The fraction of sp³-hybridized carbons (Fsp3) is 0.462. The maximum atomic E-state index is 11.5. The molecule has 0 aliphatic carbocycles. The van der Waals surface area contributed by atoms with Crippen LogP contribution in [0.2, 0.25) is 0 Å². The summed E-state index contributed by atoms with van der Waals surface area (Å²) in [5.74, 6) is 0.123. The first kappa shape index (κ1) is 11.9. The molecule has 0 saturated carbocycles. The number of likely N-dealkylation sites (N-methyl/N-ethyl adjacent to an activating group) is 1. The van der Waals surface area contributed by atoms with E-state index < -0.39 is 0 Å². The normalized spacial score (nSPS) is 15.2. The molecule has 0 aromatic heterocycles. The van der Waals surface area contributed by atoms with Gasteiger partial charge in [-0.1, -0.05) is 12.1 Å². The summed E-state index contributed by atoms with van der Waals surface area (Å²) in [6.07, 6.45) is 0.458. The molecule has 1 aliphatic heterocycles. The molecule has 0 atom stereocenters. The van der Waals surface area contributed by atoms with E-state index in [1.807, 2.05) is 24.3 Å². The van der Waals surface area contributed by atoms with E-state index in [1.165, 1.54) is 0 Å². The van der Waals surface area contributed by atoms with Crippen LogP contribution in [0, 0.1) is 0 Å². The van der Waals surface area contributed by atoms with E-state index in [1.54, 1.807) is 19.0 Å². The summed E-state index contributed by atoms with van der Waals surface area (Å²) < 4.78 is 5.10. The molecule has 0 spiro atoms. The minimum Gasteiger partial charge on any atom is -0.378 e. The molecule has 1 N–H and O–H groups in total. The summed E-state index contributed by atoms with van der Waals surface area (Å²) in [5.41, 5.74) is 2.12. The lowest BCUT2D eigenvalue weighted by atomic mass is 10.1. The van der Waals surface area contributed by atoms with E-state index in [4.69, 9.17) is 4.74 Å². The van der Waals surface area contributed by atoms with Crippen molar-refractivity contribution in [2.75, 3.05) is 32.6 Å². The fourth-order valence-electron chi connectivity index (χ4n) is 1.61. The van der Waals surface area contributed by atoms with Gasteiger partial charge in [0, 0.05) is 19.8 Å². The first-order valence-corrected chi connectivity index (χ1v) is 5.78. The van der Waals surface area contributed by atoms with E-state index in [2.05, 4.69) is 5.32 Å². The number of benzene rings is 1. The van der Waals surface area contributed by atoms with Gasteiger partial charge in [-0.15, -0.1) is 0 Å². The predicted molar refractivity (Wildman–Crippen MR) is 67.1 cm³/mol. The van der Waals surface area contributed by atoms with Gasteiger partial charge < -0.3 is 15.0 Å². The van der Waals surface area contributed by atoms with Crippen molar-refractivity contribution in [1.29, 1.82) is 0 Å². The molecular formula is C13H18N2O2. The molecule has 2 rings (SSSR count). The van der Waals surface area contributed by atoms with Gasteiger partial charge in [0.2, 0.25) is 5.91 Å². The molecule has 1 amide bonds. The SMILES string of the molecule is CN(C)C(=O)Cc1ccc(NC2COC2)cc1. The summed E-state index contributed by atoms with van der Waals surface area (Å²) >= 11 is 0. The average molecular weight is 234 g/mol. The number of carbonyl (C=O) groups excluding carboxylic acids is 1. The van der Waals surface area contributed by atoms with Gasteiger partial charge >= 0.3 is 0 Å². The Morgan fingerprint density at radius 1 is 1.35 bits per heavy atom. The van der Waals surface area contributed by atoms with Gasteiger partial charge in [0.1, 0.15) is 0 Å². The third-order valence-corrected chi connectivity index (χ3v) is 2.82. The lowest BCUT2D eigenvalue weighted by molar-refractivity contribution is -0.127. The van der Waals surface area contributed by atoms with E-state index in [0.717, 1.165) is 24.5 Å². The first-order valence-electron chi connectivity index (χ1n) is 5.78. The van der Waals surface area contributed by atoms with Gasteiger partial charge in [0.05, 0.1) is 25.7 Å². The number of carbonyl (C=O) groups is 1. The molecule has 1 heterocycles. The topological polar surface area (TPSA) is 41.6 Å². The van der Waals surface area contributed by atoms with Crippen molar-refractivity contribution >= 4 is 11.6 Å². The summed E-state index contributed by atoms with van der Waals surface area (Å²) in [4.78, 5) is 13.1. The summed E-state index contributed by atoms with van der Waals surface area (Å²) in [5, 5.41) is 3.36. The molecular weight excluding hydrogens is 216 g/mol. The highest BCUT2D eigenvalue weighted by molar-refractivity contribution is 5.78. The van der Waals surface area contributed by atoms with Gasteiger partial charge in [0.15, 0.2) is 0 Å². The highest BCUT2D eigenvalue weighted by atomic mass is 16.5. The third kappa shape index (κ3) is 3.20. The van der Waals surface area contributed by atoms with Crippen LogP contribution in [-0.2, 0) is 16.0 Å². The average Bonchev–Trinajstić information content (AvgIpc) is 2.25. The molecule has 0 radical (unpaired) electrons. The maximum Gasteiger partial charge on any atom is 0.226 e. The van der Waals surface area contributed by atoms with Crippen LogP contribution in [0.4, 0.5) is 5.69 Å². The lowest BCUT2D eigenvalue weighted by Crippen LogP contribution is -2.40. The van der Waals surface area contributed by atoms with Crippen molar-refractivity contribution in [3.63, 3.8) is 0 Å². The van der Waals surface area contributed by atoms with Gasteiger partial charge in [-0.25, -0.2) is 0 Å². The van der Waals surface area contributed by atoms with Gasteiger partial charge in [-0.3, -0.25) is 4.79 Å². The zero-order chi connectivity index (χ0) is 12.3. The van der Waals surface area contributed by atoms with Crippen LogP contribution in [0.25, 0.3) is 0 Å². The van der Waals surface area contributed by atoms with Crippen LogP contribution < -0.4 is 5.32 Å². The Balaban J connectivity index is 1.90. The molecule has 0 unspecified atom stereocenters. The Bertz CT molecular complexity index is 383. The molecule has 1 aromatic carbocycles. The summed E-state index contributed by atoms with van der Waals surface area (Å²) in [6.45, 7) is 1.56. The predicted octanol–water partition coefficient (Wildman–Crippen LogP) is 1.13. The number of hydrogen-bond donors (Lipinski definition) is 1. The molecule has 92 valence electrons. The summed E-state index contributed by atoms with van der Waals surface area (Å²) in [6, 6.07) is 8.43. The van der Waals surface area contributed by atoms with Crippen molar-refractivity contribution in [1.82, 2.24) is 4.90 Å². The van der Waals surface area contributed by atoms with Gasteiger partial charge in [0.25, 0.3) is 0 Å². The van der Waals surface area contributed by atoms with E-state index in [9.17, 15) is 4.79 Å². The highest BCUT2D eigenvalue weighted by Crippen LogP contribution is 2.14. The Morgan fingerprint density at radius 2 is 2.00 bits per heavy atom. The Labute approximate surface area is 102 Å². The number of nitrogens with zero attached hydrogens (tertiary/aromatic N) is 1. The number of hydrogen-bond acceptors (Lipinski definition) is 3. The molecule has 4 nitrogen and oxygen atoms in total. The molecule has 1 saturated heterocycles. The maximum absolute atomic E-state index is 11.5. The van der Waals surface area contributed by atoms with E-state index in [0.29, 0.717) is 12.5 Å². The molecule has 17 heavy (non-hydrogen) atoms. The first-order chi connectivity index (χ1) is 8.15. The van der Waals surface area contributed by atoms with Crippen LogP contribution in [-0.4, -0.2) is 44.2 Å². The second kappa shape index (κ2) is 5.19.